The molecule has 0 heterocycles. The molecule has 2 unspecified atom stereocenters. The van der Waals surface area contributed by atoms with Crippen LogP contribution >= 0.6 is 0 Å². The van der Waals surface area contributed by atoms with E-state index in [-0.39, 0.29) is 28.8 Å². The summed E-state index contributed by atoms with van der Waals surface area (Å²) in [5.74, 6) is 0.617. The molecule has 1 N–H and O–H groups in total. The lowest BCUT2D eigenvalue weighted by molar-refractivity contribution is -0.121. The van der Waals surface area contributed by atoms with Crippen molar-refractivity contribution < 1.29 is 9.90 Å². The SMILES string of the molecule is CCC(C(=O)C=C(O)C(C)C(C)C)C(C)(C)C. The van der Waals surface area contributed by atoms with Gasteiger partial charge in [-0.05, 0) is 17.8 Å². The molecule has 2 nitrogen and oxygen atoms in total. The van der Waals surface area contributed by atoms with Crippen LogP contribution in [0.5, 0.6) is 0 Å². The standard InChI is InChI=1S/C15H28O2/c1-8-12(15(5,6)7)14(17)9-13(16)11(4)10(2)3/h9-12,16H,8H2,1-7H3. The molecule has 100 valence electrons. The van der Waals surface area contributed by atoms with Gasteiger partial charge in [-0.3, -0.25) is 4.79 Å². The van der Waals surface area contributed by atoms with Gasteiger partial charge in [-0.25, -0.2) is 0 Å². The fraction of sp³-hybridized carbons (Fsp3) is 0.800. The zero-order valence-corrected chi connectivity index (χ0v) is 12.4. The van der Waals surface area contributed by atoms with Crippen molar-refractivity contribution in [3.63, 3.8) is 0 Å². The van der Waals surface area contributed by atoms with Crippen LogP contribution in [0.15, 0.2) is 11.8 Å². The molecule has 2 heteroatoms. The molecule has 17 heavy (non-hydrogen) atoms. The molecule has 0 radical (unpaired) electrons. The summed E-state index contributed by atoms with van der Waals surface area (Å²) in [4.78, 5) is 12.1. The number of ketones is 1. The number of allylic oxidation sites excluding steroid dienone is 2. The lowest BCUT2D eigenvalue weighted by Gasteiger charge is -2.27. The summed E-state index contributed by atoms with van der Waals surface area (Å²) in [6.07, 6.45) is 2.24. The maximum atomic E-state index is 12.1. The van der Waals surface area contributed by atoms with Crippen molar-refractivity contribution in [1.29, 1.82) is 0 Å². The van der Waals surface area contributed by atoms with Crippen LogP contribution in [0.4, 0.5) is 0 Å². The van der Waals surface area contributed by atoms with E-state index < -0.39 is 0 Å². The van der Waals surface area contributed by atoms with E-state index in [0.29, 0.717) is 5.92 Å². The van der Waals surface area contributed by atoms with E-state index in [1.807, 2.05) is 27.7 Å². The molecular formula is C15H28O2. The summed E-state index contributed by atoms with van der Waals surface area (Å²) >= 11 is 0. The van der Waals surface area contributed by atoms with Crippen molar-refractivity contribution in [2.45, 2.75) is 54.9 Å². The fourth-order valence-corrected chi connectivity index (χ4v) is 1.96. The van der Waals surface area contributed by atoms with E-state index in [1.54, 1.807) is 0 Å². The first kappa shape index (κ1) is 16.2. The largest absolute Gasteiger partial charge is 0.512 e. The lowest BCUT2D eigenvalue weighted by Crippen LogP contribution is -2.27. The Morgan fingerprint density at radius 3 is 2.00 bits per heavy atom. The van der Waals surface area contributed by atoms with Crippen molar-refractivity contribution in [2.75, 3.05) is 0 Å². The van der Waals surface area contributed by atoms with E-state index in [4.69, 9.17) is 0 Å². The van der Waals surface area contributed by atoms with E-state index >= 15 is 0 Å². The average Bonchev–Trinajstić information content (AvgIpc) is 2.14. The van der Waals surface area contributed by atoms with Gasteiger partial charge in [0.25, 0.3) is 0 Å². The minimum absolute atomic E-state index is 0.0241. The van der Waals surface area contributed by atoms with Crippen molar-refractivity contribution in [1.82, 2.24) is 0 Å². The van der Waals surface area contributed by atoms with Crippen LogP contribution < -0.4 is 0 Å². The molecule has 0 aliphatic rings. The molecule has 0 amide bonds. The molecule has 0 bridgehead atoms. The summed E-state index contributed by atoms with van der Waals surface area (Å²) in [5.41, 5.74) is -0.0519. The number of aliphatic hydroxyl groups is 1. The summed E-state index contributed by atoms with van der Waals surface area (Å²) in [7, 11) is 0. The maximum absolute atomic E-state index is 12.1. The summed E-state index contributed by atoms with van der Waals surface area (Å²) in [5, 5.41) is 9.91. The number of hydrogen-bond acceptors (Lipinski definition) is 2. The maximum Gasteiger partial charge on any atom is 0.162 e. The van der Waals surface area contributed by atoms with Gasteiger partial charge in [-0.1, -0.05) is 48.5 Å². The van der Waals surface area contributed by atoms with Gasteiger partial charge in [0, 0.05) is 17.9 Å². The quantitative estimate of drug-likeness (QED) is 0.572. The first-order valence-corrected chi connectivity index (χ1v) is 6.55. The van der Waals surface area contributed by atoms with Crippen molar-refractivity contribution in [3.05, 3.63) is 11.8 Å². The van der Waals surface area contributed by atoms with Crippen LogP contribution in [0.3, 0.4) is 0 Å². The molecule has 0 aromatic heterocycles. The Morgan fingerprint density at radius 2 is 1.71 bits per heavy atom. The van der Waals surface area contributed by atoms with E-state index in [9.17, 15) is 9.90 Å². The molecule has 0 aromatic carbocycles. The Labute approximate surface area is 106 Å². The van der Waals surface area contributed by atoms with E-state index in [0.717, 1.165) is 6.42 Å². The highest BCUT2D eigenvalue weighted by atomic mass is 16.3. The second-order valence-corrected chi connectivity index (χ2v) is 6.33. The van der Waals surface area contributed by atoms with Crippen LogP contribution in [0, 0.1) is 23.2 Å². The predicted octanol–water partition coefficient (Wildman–Crippen LogP) is 4.36. The smallest absolute Gasteiger partial charge is 0.162 e. The molecule has 0 aliphatic heterocycles. The minimum Gasteiger partial charge on any atom is -0.512 e. The second-order valence-electron chi connectivity index (χ2n) is 6.33. The minimum atomic E-state index is -0.0519. The predicted molar refractivity (Wildman–Crippen MR) is 73.0 cm³/mol. The third-order valence-corrected chi connectivity index (χ3v) is 3.55. The van der Waals surface area contributed by atoms with Gasteiger partial charge in [-0.15, -0.1) is 0 Å². The molecule has 0 rings (SSSR count). The van der Waals surface area contributed by atoms with Crippen molar-refractivity contribution >= 4 is 5.78 Å². The van der Waals surface area contributed by atoms with Gasteiger partial charge >= 0.3 is 0 Å². The molecule has 0 aromatic rings. The van der Waals surface area contributed by atoms with Gasteiger partial charge in [0.05, 0.1) is 5.76 Å². The number of aliphatic hydroxyl groups excluding tert-OH is 1. The van der Waals surface area contributed by atoms with Gasteiger partial charge < -0.3 is 5.11 Å². The number of rotatable bonds is 5. The highest BCUT2D eigenvalue weighted by molar-refractivity contribution is 5.92. The summed E-state index contributed by atoms with van der Waals surface area (Å²) in [6, 6.07) is 0. The topological polar surface area (TPSA) is 37.3 Å². The lowest BCUT2D eigenvalue weighted by atomic mass is 9.76. The monoisotopic (exact) mass is 240 g/mol. The summed E-state index contributed by atoms with van der Waals surface area (Å²) in [6.45, 7) is 14.2. The molecule has 0 aliphatic carbocycles. The first-order valence-electron chi connectivity index (χ1n) is 6.55. The zero-order chi connectivity index (χ0) is 13.8. The Balaban J connectivity index is 4.89. The molecule has 0 spiro atoms. The van der Waals surface area contributed by atoms with Crippen LogP contribution in [0.25, 0.3) is 0 Å². The van der Waals surface area contributed by atoms with Crippen LogP contribution in [-0.4, -0.2) is 10.9 Å². The average molecular weight is 240 g/mol. The second kappa shape index (κ2) is 6.23. The number of hydrogen-bond donors (Lipinski definition) is 1. The fourth-order valence-electron chi connectivity index (χ4n) is 1.96. The van der Waals surface area contributed by atoms with E-state index in [2.05, 4.69) is 20.8 Å². The Kier molecular flexibility index (Phi) is 5.94. The van der Waals surface area contributed by atoms with Gasteiger partial charge in [-0.2, -0.15) is 0 Å². The van der Waals surface area contributed by atoms with Crippen molar-refractivity contribution in [2.24, 2.45) is 23.2 Å². The molecule has 0 saturated heterocycles. The van der Waals surface area contributed by atoms with Gasteiger partial charge in [0.2, 0.25) is 0 Å². The number of carbonyl (C=O) groups excluding carboxylic acids is 1. The normalized spacial score (nSPS) is 17.1. The summed E-state index contributed by atoms with van der Waals surface area (Å²) < 4.78 is 0. The van der Waals surface area contributed by atoms with Crippen LogP contribution in [0.2, 0.25) is 0 Å². The third-order valence-electron chi connectivity index (χ3n) is 3.55. The highest BCUT2D eigenvalue weighted by Crippen LogP contribution is 2.30. The first-order chi connectivity index (χ1) is 7.61. The Hall–Kier alpha value is -0.790. The van der Waals surface area contributed by atoms with Gasteiger partial charge in [0.1, 0.15) is 0 Å². The molecule has 2 atom stereocenters. The molecular weight excluding hydrogens is 212 g/mol. The van der Waals surface area contributed by atoms with E-state index in [1.165, 1.54) is 6.08 Å². The van der Waals surface area contributed by atoms with Crippen LogP contribution in [-0.2, 0) is 4.79 Å². The van der Waals surface area contributed by atoms with Crippen molar-refractivity contribution in [3.8, 4) is 0 Å². The molecule has 0 saturated carbocycles. The Bertz CT molecular complexity index is 282. The Morgan fingerprint density at radius 1 is 1.24 bits per heavy atom. The zero-order valence-electron chi connectivity index (χ0n) is 12.4. The van der Waals surface area contributed by atoms with Gasteiger partial charge in [0.15, 0.2) is 5.78 Å². The number of carbonyl (C=O) groups is 1. The molecule has 0 fully saturated rings. The van der Waals surface area contributed by atoms with Crippen LogP contribution in [0.1, 0.15) is 54.9 Å². The highest BCUT2D eigenvalue weighted by Gasteiger charge is 2.29. The third kappa shape index (κ3) is 4.93.